The van der Waals surface area contributed by atoms with Gasteiger partial charge in [0.2, 0.25) is 5.91 Å². The molecule has 0 unspecified atom stereocenters. The average Bonchev–Trinajstić information content (AvgIpc) is 2.10. The predicted octanol–water partition coefficient (Wildman–Crippen LogP) is 0.758. The molecule has 2 N–H and O–H groups in total. The lowest BCUT2D eigenvalue weighted by atomic mass is 10.1. The van der Waals surface area contributed by atoms with Crippen LogP contribution in [0.4, 0.5) is 13.2 Å². The predicted molar refractivity (Wildman–Crippen MR) is 57.5 cm³/mol. The van der Waals surface area contributed by atoms with E-state index in [0.717, 1.165) is 0 Å². The number of aliphatic hydroxyl groups is 1. The van der Waals surface area contributed by atoms with Crippen LogP contribution < -0.4 is 5.32 Å². The third-order valence-corrected chi connectivity index (χ3v) is 1.91. The summed E-state index contributed by atoms with van der Waals surface area (Å²) in [7, 11) is 0. The second-order valence-electron chi connectivity index (χ2n) is 4.51. The molecular weight excluding hydrogens is 237 g/mol. The molecule has 0 aromatic heterocycles. The van der Waals surface area contributed by atoms with Crippen molar-refractivity contribution in [1.82, 2.24) is 10.2 Å². The van der Waals surface area contributed by atoms with Gasteiger partial charge in [0, 0.05) is 6.54 Å². The SMILES string of the molecule is CCN(CC(=O)NCC(F)(F)F)CC(C)(C)O. The molecule has 4 nitrogen and oxygen atoms in total. The van der Waals surface area contributed by atoms with Crippen molar-refractivity contribution >= 4 is 5.91 Å². The number of rotatable bonds is 6. The zero-order chi connectivity index (χ0) is 13.7. The fourth-order valence-electron chi connectivity index (χ4n) is 1.28. The van der Waals surface area contributed by atoms with Gasteiger partial charge < -0.3 is 10.4 Å². The molecule has 17 heavy (non-hydrogen) atoms. The number of likely N-dealkylation sites (N-methyl/N-ethyl adjacent to an activating group) is 1. The van der Waals surface area contributed by atoms with E-state index < -0.39 is 24.2 Å². The third-order valence-electron chi connectivity index (χ3n) is 1.91. The molecule has 0 saturated heterocycles. The molecule has 0 aliphatic carbocycles. The highest BCUT2D eigenvalue weighted by molar-refractivity contribution is 5.78. The van der Waals surface area contributed by atoms with Crippen molar-refractivity contribution in [2.75, 3.05) is 26.2 Å². The summed E-state index contributed by atoms with van der Waals surface area (Å²) in [6.45, 7) is 4.13. The van der Waals surface area contributed by atoms with Gasteiger partial charge in [-0.1, -0.05) is 6.92 Å². The van der Waals surface area contributed by atoms with E-state index in [1.165, 1.54) is 0 Å². The van der Waals surface area contributed by atoms with Crippen molar-refractivity contribution in [2.45, 2.75) is 32.5 Å². The van der Waals surface area contributed by atoms with Crippen LogP contribution in [0.25, 0.3) is 0 Å². The Balaban J connectivity index is 4.08. The van der Waals surface area contributed by atoms with E-state index in [2.05, 4.69) is 0 Å². The van der Waals surface area contributed by atoms with Gasteiger partial charge in [-0.15, -0.1) is 0 Å². The zero-order valence-electron chi connectivity index (χ0n) is 10.3. The van der Waals surface area contributed by atoms with Crippen molar-refractivity contribution in [3.05, 3.63) is 0 Å². The van der Waals surface area contributed by atoms with E-state index >= 15 is 0 Å². The first-order valence-electron chi connectivity index (χ1n) is 5.31. The molecule has 0 bridgehead atoms. The maximum Gasteiger partial charge on any atom is 0.405 e. The summed E-state index contributed by atoms with van der Waals surface area (Å²) in [5, 5.41) is 11.3. The number of nitrogens with one attached hydrogen (secondary N) is 1. The van der Waals surface area contributed by atoms with Gasteiger partial charge in [-0.25, -0.2) is 0 Å². The van der Waals surface area contributed by atoms with Crippen molar-refractivity contribution in [3.8, 4) is 0 Å². The lowest BCUT2D eigenvalue weighted by Gasteiger charge is -2.27. The lowest BCUT2D eigenvalue weighted by molar-refractivity contribution is -0.139. The summed E-state index contributed by atoms with van der Waals surface area (Å²) in [5.41, 5.74) is -0.986. The normalized spacial score (nSPS) is 12.9. The minimum Gasteiger partial charge on any atom is -0.389 e. The van der Waals surface area contributed by atoms with E-state index in [0.29, 0.717) is 6.54 Å². The van der Waals surface area contributed by atoms with Gasteiger partial charge in [0.05, 0.1) is 12.1 Å². The highest BCUT2D eigenvalue weighted by Gasteiger charge is 2.28. The standard InChI is InChI=1S/C10H19F3N2O2/c1-4-15(7-9(2,3)17)5-8(16)14-6-10(11,12)13/h17H,4-7H2,1-3H3,(H,14,16). The summed E-state index contributed by atoms with van der Waals surface area (Å²) in [6, 6.07) is 0. The Labute approximate surface area is 98.8 Å². The van der Waals surface area contributed by atoms with Crippen LogP contribution >= 0.6 is 0 Å². The number of alkyl halides is 3. The summed E-state index contributed by atoms with van der Waals surface area (Å²) in [5.74, 6) is -0.701. The maximum absolute atomic E-state index is 11.8. The lowest BCUT2D eigenvalue weighted by Crippen LogP contribution is -2.45. The molecule has 1 amide bonds. The molecule has 0 aliphatic rings. The molecule has 0 saturated carbocycles. The van der Waals surface area contributed by atoms with Crippen LogP contribution in [0, 0.1) is 0 Å². The van der Waals surface area contributed by atoms with Crippen molar-refractivity contribution < 1.29 is 23.1 Å². The van der Waals surface area contributed by atoms with Gasteiger partial charge in [-0.2, -0.15) is 13.2 Å². The Morgan fingerprint density at radius 3 is 2.24 bits per heavy atom. The molecule has 0 rings (SSSR count). The van der Waals surface area contributed by atoms with Crippen LogP contribution in [0.3, 0.4) is 0 Å². The van der Waals surface area contributed by atoms with E-state index in [1.54, 1.807) is 31.0 Å². The molecule has 0 fully saturated rings. The number of nitrogens with zero attached hydrogens (tertiary/aromatic N) is 1. The van der Waals surface area contributed by atoms with Gasteiger partial charge in [0.25, 0.3) is 0 Å². The molecule has 0 atom stereocenters. The van der Waals surface area contributed by atoms with Gasteiger partial charge in [-0.05, 0) is 20.4 Å². The zero-order valence-corrected chi connectivity index (χ0v) is 10.3. The minimum atomic E-state index is -4.40. The molecule has 0 aromatic rings. The third kappa shape index (κ3) is 10.1. The number of halogens is 3. The first-order valence-corrected chi connectivity index (χ1v) is 5.31. The highest BCUT2D eigenvalue weighted by atomic mass is 19.4. The summed E-state index contributed by atoms with van der Waals surface area (Å²) in [6.07, 6.45) is -4.40. The second-order valence-corrected chi connectivity index (χ2v) is 4.51. The molecule has 0 aliphatic heterocycles. The Morgan fingerprint density at radius 2 is 1.88 bits per heavy atom. The summed E-state index contributed by atoms with van der Waals surface area (Å²) < 4.78 is 35.5. The van der Waals surface area contributed by atoms with Crippen LogP contribution in [-0.2, 0) is 4.79 Å². The van der Waals surface area contributed by atoms with Gasteiger partial charge >= 0.3 is 6.18 Å². The van der Waals surface area contributed by atoms with E-state index in [4.69, 9.17) is 0 Å². The van der Waals surface area contributed by atoms with Crippen LogP contribution in [0.15, 0.2) is 0 Å². The molecule has 0 heterocycles. The number of hydrogen-bond donors (Lipinski definition) is 2. The number of hydrogen-bond acceptors (Lipinski definition) is 3. The van der Waals surface area contributed by atoms with Gasteiger partial charge in [-0.3, -0.25) is 9.69 Å². The molecule has 7 heteroatoms. The van der Waals surface area contributed by atoms with Crippen LogP contribution in [-0.4, -0.2) is 53.9 Å². The average molecular weight is 256 g/mol. The molecule has 102 valence electrons. The second kappa shape index (κ2) is 6.20. The van der Waals surface area contributed by atoms with Crippen LogP contribution in [0.1, 0.15) is 20.8 Å². The van der Waals surface area contributed by atoms with Crippen molar-refractivity contribution in [2.24, 2.45) is 0 Å². The first kappa shape index (κ1) is 16.2. The minimum absolute atomic E-state index is 0.156. The van der Waals surface area contributed by atoms with Crippen LogP contribution in [0.5, 0.6) is 0 Å². The summed E-state index contributed by atoms with van der Waals surface area (Å²) in [4.78, 5) is 12.8. The Hall–Kier alpha value is -0.820. The maximum atomic E-state index is 11.8. The fraction of sp³-hybridized carbons (Fsp3) is 0.900. The molecule has 0 spiro atoms. The Morgan fingerprint density at radius 1 is 1.35 bits per heavy atom. The van der Waals surface area contributed by atoms with E-state index in [9.17, 15) is 23.1 Å². The smallest absolute Gasteiger partial charge is 0.389 e. The quantitative estimate of drug-likeness (QED) is 0.737. The van der Waals surface area contributed by atoms with Gasteiger partial charge in [0.1, 0.15) is 6.54 Å². The highest BCUT2D eigenvalue weighted by Crippen LogP contribution is 2.12. The topological polar surface area (TPSA) is 52.6 Å². The van der Waals surface area contributed by atoms with Crippen molar-refractivity contribution in [3.63, 3.8) is 0 Å². The Kier molecular flexibility index (Phi) is 5.91. The van der Waals surface area contributed by atoms with Crippen molar-refractivity contribution in [1.29, 1.82) is 0 Å². The number of carbonyl (C=O) groups is 1. The molecule has 0 radical (unpaired) electrons. The number of carbonyl (C=O) groups excluding carboxylic acids is 1. The fourth-order valence-corrected chi connectivity index (χ4v) is 1.28. The van der Waals surface area contributed by atoms with E-state index in [1.807, 2.05) is 0 Å². The first-order chi connectivity index (χ1) is 7.53. The molecule has 0 aromatic carbocycles. The molecular formula is C10H19F3N2O2. The monoisotopic (exact) mass is 256 g/mol. The number of amides is 1. The Bertz CT molecular complexity index is 249. The van der Waals surface area contributed by atoms with Crippen LogP contribution in [0.2, 0.25) is 0 Å². The largest absolute Gasteiger partial charge is 0.405 e. The van der Waals surface area contributed by atoms with Gasteiger partial charge in [0.15, 0.2) is 0 Å². The summed E-state index contributed by atoms with van der Waals surface area (Å²) >= 11 is 0. The van der Waals surface area contributed by atoms with E-state index in [-0.39, 0.29) is 13.1 Å².